The molecular weight excluding hydrogens is 270 g/mol. The van der Waals surface area contributed by atoms with Crippen LogP contribution in [0, 0.1) is 13.8 Å². The second-order valence-electron chi connectivity index (χ2n) is 4.68. The molecule has 20 heavy (non-hydrogen) atoms. The fourth-order valence-corrected chi connectivity index (χ4v) is 2.81. The number of benzene rings is 2. The molecule has 0 aromatic heterocycles. The van der Waals surface area contributed by atoms with E-state index in [1.807, 2.05) is 50.2 Å². The molecule has 2 rings (SSSR count). The van der Waals surface area contributed by atoms with Crippen molar-refractivity contribution in [3.63, 3.8) is 0 Å². The molecule has 1 atom stereocenters. The molecule has 106 valence electrons. The van der Waals surface area contributed by atoms with Crippen LogP contribution in [0.2, 0.25) is 0 Å². The van der Waals surface area contributed by atoms with Crippen LogP contribution in [-0.2, 0) is 10.8 Å². The Hall–Kier alpha value is -1.81. The number of hydrogen-bond acceptors (Lipinski definition) is 3. The minimum absolute atomic E-state index is 0.383. The molecule has 0 spiro atoms. The third-order valence-corrected chi connectivity index (χ3v) is 4.50. The maximum atomic E-state index is 12.2. The zero-order valence-corrected chi connectivity index (χ0v) is 12.6. The summed E-state index contributed by atoms with van der Waals surface area (Å²) in [5.41, 5.74) is 8.75. The molecule has 2 aromatic rings. The zero-order chi connectivity index (χ0) is 14.5. The number of rotatable bonds is 5. The molecule has 0 saturated heterocycles. The molecule has 4 heteroatoms. The predicted molar refractivity (Wildman–Crippen MR) is 83.5 cm³/mol. The van der Waals surface area contributed by atoms with E-state index in [4.69, 9.17) is 10.5 Å². The Kier molecular flexibility index (Phi) is 4.79. The summed E-state index contributed by atoms with van der Waals surface area (Å²) in [6, 6.07) is 13.2. The van der Waals surface area contributed by atoms with Crippen molar-refractivity contribution in [2.75, 3.05) is 18.1 Å². The van der Waals surface area contributed by atoms with Gasteiger partial charge in [-0.1, -0.05) is 18.2 Å². The van der Waals surface area contributed by atoms with Gasteiger partial charge >= 0.3 is 0 Å². The topological polar surface area (TPSA) is 52.3 Å². The number of anilines is 1. The van der Waals surface area contributed by atoms with Crippen LogP contribution in [0.25, 0.3) is 0 Å². The average molecular weight is 289 g/mol. The molecule has 0 radical (unpaired) electrons. The molecule has 0 saturated carbocycles. The largest absolute Gasteiger partial charge is 0.490 e. The van der Waals surface area contributed by atoms with Gasteiger partial charge in [0, 0.05) is 4.90 Å². The van der Waals surface area contributed by atoms with E-state index >= 15 is 0 Å². The SMILES string of the molecule is Cc1ccc(S(=O)CCOc2ccccc2N)cc1C. The molecule has 0 amide bonds. The number of ether oxygens (including phenoxy) is 1. The zero-order valence-electron chi connectivity index (χ0n) is 11.8. The Labute approximate surface area is 122 Å². The summed E-state index contributed by atoms with van der Waals surface area (Å²) in [7, 11) is -1.05. The summed E-state index contributed by atoms with van der Waals surface area (Å²) >= 11 is 0. The fraction of sp³-hybridized carbons (Fsp3) is 0.250. The Balaban J connectivity index is 1.92. The average Bonchev–Trinajstić information content (AvgIpc) is 2.44. The smallest absolute Gasteiger partial charge is 0.142 e. The van der Waals surface area contributed by atoms with Gasteiger partial charge in [-0.25, -0.2) is 0 Å². The highest BCUT2D eigenvalue weighted by Crippen LogP contribution is 2.20. The van der Waals surface area contributed by atoms with Crippen molar-refractivity contribution >= 4 is 16.5 Å². The Bertz CT molecular complexity index is 626. The van der Waals surface area contributed by atoms with Crippen molar-refractivity contribution in [2.24, 2.45) is 0 Å². The Morgan fingerprint density at radius 2 is 1.85 bits per heavy atom. The van der Waals surface area contributed by atoms with Gasteiger partial charge in [-0.2, -0.15) is 0 Å². The summed E-state index contributed by atoms with van der Waals surface area (Å²) in [6.07, 6.45) is 0. The molecule has 0 bridgehead atoms. The van der Waals surface area contributed by atoms with Gasteiger partial charge in [-0.15, -0.1) is 0 Å². The summed E-state index contributed by atoms with van der Waals surface area (Å²) in [5.74, 6) is 1.10. The van der Waals surface area contributed by atoms with Gasteiger partial charge in [0.25, 0.3) is 0 Å². The third kappa shape index (κ3) is 3.61. The van der Waals surface area contributed by atoms with E-state index in [-0.39, 0.29) is 0 Å². The quantitative estimate of drug-likeness (QED) is 0.861. The monoisotopic (exact) mass is 289 g/mol. The summed E-state index contributed by atoms with van der Waals surface area (Å²) in [5, 5.41) is 0. The summed E-state index contributed by atoms with van der Waals surface area (Å²) in [6.45, 7) is 4.45. The van der Waals surface area contributed by atoms with Crippen LogP contribution >= 0.6 is 0 Å². The normalized spacial score (nSPS) is 12.1. The van der Waals surface area contributed by atoms with E-state index in [1.165, 1.54) is 5.56 Å². The standard InChI is InChI=1S/C16H19NO2S/c1-12-7-8-14(11-13(12)2)20(18)10-9-19-16-6-4-3-5-15(16)17/h3-8,11H,9-10,17H2,1-2H3. The Morgan fingerprint density at radius 3 is 2.55 bits per heavy atom. The van der Waals surface area contributed by atoms with Crippen LogP contribution in [0.3, 0.4) is 0 Å². The van der Waals surface area contributed by atoms with Gasteiger partial charge in [-0.3, -0.25) is 4.21 Å². The fourth-order valence-electron chi connectivity index (χ4n) is 1.81. The van der Waals surface area contributed by atoms with E-state index in [0.29, 0.717) is 23.8 Å². The van der Waals surface area contributed by atoms with Crippen LogP contribution in [0.1, 0.15) is 11.1 Å². The lowest BCUT2D eigenvalue weighted by Gasteiger charge is -2.09. The highest BCUT2D eigenvalue weighted by molar-refractivity contribution is 7.85. The molecule has 0 heterocycles. The van der Waals surface area contributed by atoms with Gasteiger partial charge in [0.15, 0.2) is 0 Å². The highest BCUT2D eigenvalue weighted by atomic mass is 32.2. The van der Waals surface area contributed by atoms with Crippen molar-refractivity contribution in [2.45, 2.75) is 18.7 Å². The predicted octanol–water partition coefficient (Wildman–Crippen LogP) is 3.07. The van der Waals surface area contributed by atoms with Crippen molar-refractivity contribution in [3.8, 4) is 5.75 Å². The lowest BCUT2D eigenvalue weighted by Crippen LogP contribution is -2.09. The van der Waals surface area contributed by atoms with Gasteiger partial charge in [0.2, 0.25) is 0 Å². The van der Waals surface area contributed by atoms with Gasteiger partial charge in [-0.05, 0) is 49.2 Å². The van der Waals surface area contributed by atoms with Crippen LogP contribution in [-0.4, -0.2) is 16.6 Å². The van der Waals surface area contributed by atoms with Crippen LogP contribution in [0.4, 0.5) is 5.69 Å². The number of nitrogens with two attached hydrogens (primary N) is 1. The number of aryl methyl sites for hydroxylation is 2. The highest BCUT2D eigenvalue weighted by Gasteiger charge is 2.06. The Morgan fingerprint density at radius 1 is 1.10 bits per heavy atom. The van der Waals surface area contributed by atoms with Crippen LogP contribution in [0.5, 0.6) is 5.75 Å². The van der Waals surface area contributed by atoms with Crippen molar-refractivity contribution in [3.05, 3.63) is 53.6 Å². The first kappa shape index (κ1) is 14.6. The minimum Gasteiger partial charge on any atom is -0.490 e. The molecule has 0 aliphatic carbocycles. The van der Waals surface area contributed by atoms with E-state index < -0.39 is 10.8 Å². The summed E-state index contributed by atoms with van der Waals surface area (Å²) < 4.78 is 17.7. The first-order valence-corrected chi connectivity index (χ1v) is 7.83. The maximum Gasteiger partial charge on any atom is 0.142 e. The molecule has 2 N–H and O–H groups in total. The van der Waals surface area contributed by atoms with Crippen molar-refractivity contribution < 1.29 is 8.95 Å². The van der Waals surface area contributed by atoms with E-state index in [9.17, 15) is 4.21 Å². The van der Waals surface area contributed by atoms with E-state index in [0.717, 1.165) is 10.5 Å². The molecule has 1 unspecified atom stereocenters. The van der Waals surface area contributed by atoms with Crippen LogP contribution in [0.15, 0.2) is 47.4 Å². The molecule has 0 aliphatic heterocycles. The van der Waals surface area contributed by atoms with E-state index in [2.05, 4.69) is 0 Å². The summed E-state index contributed by atoms with van der Waals surface area (Å²) in [4.78, 5) is 0.845. The van der Waals surface area contributed by atoms with Gasteiger partial charge < -0.3 is 10.5 Å². The van der Waals surface area contributed by atoms with Gasteiger partial charge in [0.05, 0.1) is 22.2 Å². The number of para-hydroxylation sites is 2. The third-order valence-electron chi connectivity index (χ3n) is 3.19. The van der Waals surface area contributed by atoms with Crippen molar-refractivity contribution in [1.29, 1.82) is 0 Å². The second-order valence-corrected chi connectivity index (χ2v) is 6.25. The molecule has 0 aliphatic rings. The number of nitrogen functional groups attached to an aromatic ring is 1. The van der Waals surface area contributed by atoms with Crippen molar-refractivity contribution in [1.82, 2.24) is 0 Å². The molecule has 2 aromatic carbocycles. The lowest BCUT2D eigenvalue weighted by molar-refractivity contribution is 0.344. The molecule has 0 fully saturated rings. The first-order chi connectivity index (χ1) is 9.58. The van der Waals surface area contributed by atoms with E-state index in [1.54, 1.807) is 6.07 Å². The second kappa shape index (κ2) is 6.57. The van der Waals surface area contributed by atoms with Gasteiger partial charge in [0.1, 0.15) is 12.4 Å². The first-order valence-electron chi connectivity index (χ1n) is 6.51. The lowest BCUT2D eigenvalue weighted by atomic mass is 10.1. The minimum atomic E-state index is -1.05. The number of hydrogen-bond donors (Lipinski definition) is 1. The van der Waals surface area contributed by atoms with Crippen LogP contribution < -0.4 is 10.5 Å². The molecule has 3 nitrogen and oxygen atoms in total. The maximum absolute atomic E-state index is 12.2. The molecular formula is C16H19NO2S.